The van der Waals surface area contributed by atoms with E-state index in [-0.39, 0.29) is 5.56 Å². The highest BCUT2D eigenvalue weighted by molar-refractivity contribution is 6.27. The quantitative estimate of drug-likeness (QED) is 0.166. The maximum Gasteiger partial charge on any atom is 0.263 e. The molecule has 0 aliphatic carbocycles. The maximum absolute atomic E-state index is 14.5. The van der Waals surface area contributed by atoms with Gasteiger partial charge in [0.2, 0.25) is 0 Å². The van der Waals surface area contributed by atoms with Crippen LogP contribution in [-0.4, -0.2) is 13.5 Å². The summed E-state index contributed by atoms with van der Waals surface area (Å²) in [6, 6.07) is 75.3. The number of furan rings is 1. The van der Waals surface area contributed by atoms with Gasteiger partial charge in [0, 0.05) is 65.2 Å². The van der Waals surface area contributed by atoms with Crippen LogP contribution in [0.25, 0.3) is 137 Å². The standard InChI is InChI=1S/C61H35N3O2/c65-61-46-28-25-37(36-13-3-1-4-14-36)33-48(46)43-20-11-21-44-49-34-38(26-30-53(49)64(61)59(43)44)41-19-12-24-56-57(41)50-35-40(27-32-55(50)66-56)63-51-22-9-7-17-42(51)45-29-31-54-58(60(45)63)47-18-8-10-23-52(47)62(54)39-15-5-2-6-16-39/h1-35H. The van der Waals surface area contributed by atoms with Gasteiger partial charge in [-0.3, -0.25) is 9.20 Å². The Morgan fingerprint density at radius 2 is 0.970 bits per heavy atom. The summed E-state index contributed by atoms with van der Waals surface area (Å²) in [5.41, 5.74) is 14.7. The van der Waals surface area contributed by atoms with Crippen LogP contribution >= 0.6 is 0 Å². The van der Waals surface area contributed by atoms with Crippen molar-refractivity contribution in [3.63, 3.8) is 0 Å². The van der Waals surface area contributed by atoms with Crippen molar-refractivity contribution >= 4 is 104 Å². The van der Waals surface area contributed by atoms with E-state index in [1.54, 1.807) is 0 Å². The van der Waals surface area contributed by atoms with Crippen molar-refractivity contribution in [2.75, 3.05) is 0 Å². The van der Waals surface area contributed by atoms with Gasteiger partial charge >= 0.3 is 0 Å². The molecule has 5 heteroatoms. The van der Waals surface area contributed by atoms with Crippen molar-refractivity contribution in [2.24, 2.45) is 0 Å². The molecule has 5 nitrogen and oxygen atoms in total. The van der Waals surface area contributed by atoms with Crippen LogP contribution in [0.5, 0.6) is 0 Å². The third-order valence-electron chi connectivity index (χ3n) is 14.2. The topological polar surface area (TPSA) is 44.5 Å². The Morgan fingerprint density at radius 3 is 1.82 bits per heavy atom. The molecule has 5 aromatic heterocycles. The van der Waals surface area contributed by atoms with E-state index in [0.717, 1.165) is 99.2 Å². The third-order valence-corrected chi connectivity index (χ3v) is 14.2. The molecule has 0 bridgehead atoms. The molecule has 0 unspecified atom stereocenters. The van der Waals surface area contributed by atoms with Crippen LogP contribution in [0, 0.1) is 0 Å². The SMILES string of the molecule is O=c1c2ccc(-c3ccccc3)cc2c2cccc3c4cc(-c5cccc6oc7ccc(-n8c9ccccc9c9ccc%10c(c%11ccccc%11n%10-c%10ccccc%10)c98)cc7c56)ccc4n1c23. The maximum atomic E-state index is 14.5. The fourth-order valence-electron chi connectivity index (χ4n) is 11.4. The normalized spacial score (nSPS) is 12.3. The molecule has 66 heavy (non-hydrogen) atoms. The van der Waals surface area contributed by atoms with Crippen LogP contribution < -0.4 is 5.56 Å². The summed E-state index contributed by atoms with van der Waals surface area (Å²) >= 11 is 0. The minimum Gasteiger partial charge on any atom is -0.456 e. The second-order valence-electron chi connectivity index (χ2n) is 17.6. The van der Waals surface area contributed by atoms with E-state index in [4.69, 9.17) is 4.42 Å². The Morgan fingerprint density at radius 1 is 0.318 bits per heavy atom. The summed E-state index contributed by atoms with van der Waals surface area (Å²) in [7, 11) is 0. The molecule has 0 radical (unpaired) electrons. The first-order chi connectivity index (χ1) is 32.7. The summed E-state index contributed by atoms with van der Waals surface area (Å²) < 4.78 is 13.4. The molecule has 0 fully saturated rings. The molecule has 0 amide bonds. The molecule has 306 valence electrons. The Hall–Kier alpha value is -8.93. The van der Waals surface area contributed by atoms with Crippen LogP contribution in [0.15, 0.2) is 222 Å². The lowest BCUT2D eigenvalue weighted by atomic mass is 9.97. The molecule has 5 heterocycles. The Labute approximate surface area is 376 Å². The third kappa shape index (κ3) is 4.70. The molecule has 0 atom stereocenters. The van der Waals surface area contributed by atoms with Crippen molar-refractivity contribution < 1.29 is 4.42 Å². The smallest absolute Gasteiger partial charge is 0.263 e. The Bertz CT molecular complexity index is 4590. The number of aromatic nitrogens is 3. The van der Waals surface area contributed by atoms with Gasteiger partial charge in [0.25, 0.3) is 5.56 Å². The van der Waals surface area contributed by atoms with Crippen LogP contribution in [0.2, 0.25) is 0 Å². The van der Waals surface area contributed by atoms with Gasteiger partial charge in [-0.15, -0.1) is 0 Å². The molecule has 0 spiro atoms. The summed E-state index contributed by atoms with van der Waals surface area (Å²) in [5, 5.41) is 11.8. The second-order valence-corrected chi connectivity index (χ2v) is 17.6. The van der Waals surface area contributed by atoms with E-state index in [0.29, 0.717) is 5.39 Å². The predicted molar refractivity (Wildman–Crippen MR) is 274 cm³/mol. The molecular weight excluding hydrogens is 807 g/mol. The number of nitrogens with zero attached hydrogens (tertiary/aromatic N) is 3. The van der Waals surface area contributed by atoms with Crippen LogP contribution in [0.1, 0.15) is 0 Å². The fourth-order valence-corrected chi connectivity index (χ4v) is 11.4. The minimum absolute atomic E-state index is 0.00140. The number of para-hydroxylation sites is 4. The highest BCUT2D eigenvalue weighted by Crippen LogP contribution is 2.45. The lowest BCUT2D eigenvalue weighted by molar-refractivity contribution is 0.669. The first-order valence-corrected chi connectivity index (χ1v) is 22.5. The number of pyridine rings is 1. The van der Waals surface area contributed by atoms with Crippen molar-refractivity contribution in [3.05, 3.63) is 223 Å². The van der Waals surface area contributed by atoms with Gasteiger partial charge in [-0.2, -0.15) is 0 Å². The first kappa shape index (κ1) is 35.5. The van der Waals surface area contributed by atoms with Crippen LogP contribution in [0.4, 0.5) is 0 Å². The molecule has 0 N–H and O–H groups in total. The summed E-state index contributed by atoms with van der Waals surface area (Å²) in [6.45, 7) is 0. The Balaban J connectivity index is 0.965. The Kier molecular flexibility index (Phi) is 7.03. The zero-order valence-corrected chi connectivity index (χ0v) is 35.4. The molecular formula is C61H35N3O2. The lowest BCUT2D eigenvalue weighted by Crippen LogP contribution is -2.12. The van der Waals surface area contributed by atoms with Crippen molar-refractivity contribution in [2.45, 2.75) is 0 Å². The van der Waals surface area contributed by atoms with Gasteiger partial charge < -0.3 is 13.6 Å². The molecule has 0 aliphatic heterocycles. The highest BCUT2D eigenvalue weighted by atomic mass is 16.3. The number of fused-ring (bicyclic) bond motifs is 15. The summed E-state index contributed by atoms with van der Waals surface area (Å²) in [6.07, 6.45) is 0. The van der Waals surface area contributed by atoms with E-state index < -0.39 is 0 Å². The fraction of sp³-hybridized carbons (Fsp3) is 0. The van der Waals surface area contributed by atoms with E-state index in [1.165, 1.54) is 32.6 Å². The van der Waals surface area contributed by atoms with E-state index in [1.807, 2.05) is 16.5 Å². The molecule has 15 rings (SSSR count). The van der Waals surface area contributed by atoms with Crippen molar-refractivity contribution in [3.8, 4) is 33.6 Å². The van der Waals surface area contributed by atoms with Crippen molar-refractivity contribution in [1.82, 2.24) is 13.5 Å². The monoisotopic (exact) mass is 841 g/mol. The molecule has 0 saturated heterocycles. The predicted octanol–water partition coefficient (Wildman–Crippen LogP) is 15.6. The lowest BCUT2D eigenvalue weighted by Gasteiger charge is -2.11. The van der Waals surface area contributed by atoms with E-state index >= 15 is 0 Å². The zero-order chi connectivity index (χ0) is 43.2. The van der Waals surface area contributed by atoms with E-state index in [9.17, 15) is 4.79 Å². The van der Waals surface area contributed by atoms with Gasteiger partial charge in [0.15, 0.2) is 0 Å². The highest BCUT2D eigenvalue weighted by Gasteiger charge is 2.23. The second kappa shape index (κ2) is 13.1. The van der Waals surface area contributed by atoms with Gasteiger partial charge in [-0.25, -0.2) is 0 Å². The molecule has 15 aromatic rings. The van der Waals surface area contributed by atoms with Crippen molar-refractivity contribution in [1.29, 1.82) is 0 Å². The van der Waals surface area contributed by atoms with Crippen LogP contribution in [-0.2, 0) is 0 Å². The largest absolute Gasteiger partial charge is 0.456 e. The molecule has 0 saturated carbocycles. The van der Waals surface area contributed by atoms with Gasteiger partial charge in [-0.1, -0.05) is 133 Å². The summed E-state index contributed by atoms with van der Waals surface area (Å²) in [4.78, 5) is 14.5. The first-order valence-electron chi connectivity index (χ1n) is 22.5. The molecule has 0 aliphatic rings. The number of rotatable bonds is 4. The molecule has 10 aromatic carbocycles. The number of hydrogen-bond acceptors (Lipinski definition) is 2. The number of benzene rings is 10. The van der Waals surface area contributed by atoms with E-state index in [2.05, 4.69) is 209 Å². The average Bonchev–Trinajstić information content (AvgIpc) is 4.12. The van der Waals surface area contributed by atoms with Gasteiger partial charge in [-0.05, 0) is 107 Å². The minimum atomic E-state index is -0.00140. The average molecular weight is 842 g/mol. The van der Waals surface area contributed by atoms with Gasteiger partial charge in [0.1, 0.15) is 11.2 Å². The summed E-state index contributed by atoms with van der Waals surface area (Å²) in [5.74, 6) is 0. The zero-order valence-electron chi connectivity index (χ0n) is 35.4. The van der Waals surface area contributed by atoms with Crippen LogP contribution in [0.3, 0.4) is 0 Å². The van der Waals surface area contributed by atoms with Gasteiger partial charge in [0.05, 0.1) is 33.1 Å². The number of hydrogen-bond donors (Lipinski definition) is 0.